The van der Waals surface area contributed by atoms with Gasteiger partial charge in [0.05, 0.1) is 23.6 Å². The minimum Gasteiger partial charge on any atom is -0.339 e. The molecule has 7 nitrogen and oxygen atoms in total. The molecule has 1 amide bonds. The standard InChI is InChI=1S/C24H27N5O2/c1-15-7-5-11-25-22(15)27-18-9-10-19(26-14-18)20-8-6-12-29(20)24(31)21-16(2)13-17(3)28(4)23(21)30/h5,7,9-11,13-14,20H,6,8,12H2,1-4H3,(H,25,27). The molecule has 160 valence electrons. The van der Waals surface area contributed by atoms with Crippen molar-refractivity contribution in [1.82, 2.24) is 19.4 Å². The SMILES string of the molecule is Cc1cccnc1Nc1ccc(C2CCCN2C(=O)c2c(C)cc(C)n(C)c2=O)nc1. The lowest BCUT2D eigenvalue weighted by Crippen LogP contribution is -2.37. The summed E-state index contributed by atoms with van der Waals surface area (Å²) in [6.07, 6.45) is 5.23. The molecule has 31 heavy (non-hydrogen) atoms. The van der Waals surface area contributed by atoms with Crippen molar-refractivity contribution in [1.29, 1.82) is 0 Å². The van der Waals surface area contributed by atoms with Crippen LogP contribution in [0.25, 0.3) is 0 Å². The molecule has 0 radical (unpaired) electrons. The maximum Gasteiger partial charge on any atom is 0.263 e. The maximum absolute atomic E-state index is 13.3. The fraction of sp³-hybridized carbons (Fsp3) is 0.333. The van der Waals surface area contributed by atoms with E-state index < -0.39 is 0 Å². The molecule has 1 aliphatic rings. The van der Waals surface area contributed by atoms with Crippen LogP contribution >= 0.6 is 0 Å². The van der Waals surface area contributed by atoms with E-state index in [1.165, 1.54) is 4.57 Å². The van der Waals surface area contributed by atoms with Crippen LogP contribution in [0.5, 0.6) is 0 Å². The molecule has 3 aromatic heterocycles. The Morgan fingerprint density at radius 3 is 2.65 bits per heavy atom. The highest BCUT2D eigenvalue weighted by Crippen LogP contribution is 2.32. The minimum absolute atomic E-state index is 0.136. The first-order valence-corrected chi connectivity index (χ1v) is 10.5. The molecule has 0 aromatic carbocycles. The Kier molecular flexibility index (Phi) is 5.59. The van der Waals surface area contributed by atoms with Gasteiger partial charge in [-0.2, -0.15) is 0 Å². The van der Waals surface area contributed by atoms with E-state index in [1.54, 1.807) is 24.3 Å². The van der Waals surface area contributed by atoms with Crippen LogP contribution in [0.4, 0.5) is 11.5 Å². The van der Waals surface area contributed by atoms with Crippen LogP contribution in [-0.2, 0) is 7.05 Å². The van der Waals surface area contributed by atoms with Gasteiger partial charge in [-0.15, -0.1) is 0 Å². The molecule has 1 aliphatic heterocycles. The van der Waals surface area contributed by atoms with Gasteiger partial charge in [-0.25, -0.2) is 4.98 Å². The minimum atomic E-state index is -0.244. The van der Waals surface area contributed by atoms with Crippen molar-refractivity contribution in [3.05, 3.63) is 81.2 Å². The third-order valence-corrected chi connectivity index (χ3v) is 5.99. The number of likely N-dealkylation sites (tertiary alicyclic amines) is 1. The molecule has 1 N–H and O–H groups in total. The molecule has 4 rings (SSSR count). The average Bonchev–Trinajstić information content (AvgIpc) is 3.24. The van der Waals surface area contributed by atoms with Gasteiger partial charge in [0.1, 0.15) is 11.4 Å². The van der Waals surface area contributed by atoms with E-state index in [4.69, 9.17) is 0 Å². The third-order valence-electron chi connectivity index (χ3n) is 5.99. The van der Waals surface area contributed by atoms with Crippen LogP contribution in [0.3, 0.4) is 0 Å². The summed E-state index contributed by atoms with van der Waals surface area (Å²) in [6, 6.07) is 9.54. The zero-order chi connectivity index (χ0) is 22.1. The van der Waals surface area contributed by atoms with Gasteiger partial charge < -0.3 is 14.8 Å². The normalized spacial score (nSPS) is 15.9. The second-order valence-corrected chi connectivity index (χ2v) is 8.13. The van der Waals surface area contributed by atoms with Crippen molar-refractivity contribution < 1.29 is 4.79 Å². The van der Waals surface area contributed by atoms with E-state index in [2.05, 4.69) is 15.3 Å². The zero-order valence-electron chi connectivity index (χ0n) is 18.3. The summed E-state index contributed by atoms with van der Waals surface area (Å²) in [4.78, 5) is 36.9. The number of anilines is 2. The molecular formula is C24H27N5O2. The van der Waals surface area contributed by atoms with Crippen LogP contribution in [0, 0.1) is 20.8 Å². The van der Waals surface area contributed by atoms with E-state index in [-0.39, 0.29) is 23.1 Å². The topological polar surface area (TPSA) is 80.1 Å². The molecule has 1 atom stereocenters. The Hall–Kier alpha value is -3.48. The van der Waals surface area contributed by atoms with Crippen LogP contribution in [0.2, 0.25) is 0 Å². The molecule has 0 bridgehead atoms. The number of hydrogen-bond acceptors (Lipinski definition) is 5. The summed E-state index contributed by atoms with van der Waals surface area (Å²) in [7, 11) is 1.70. The summed E-state index contributed by atoms with van der Waals surface area (Å²) >= 11 is 0. The molecule has 7 heteroatoms. The average molecular weight is 418 g/mol. The van der Waals surface area contributed by atoms with E-state index >= 15 is 0 Å². The number of hydrogen-bond donors (Lipinski definition) is 1. The molecule has 1 saturated heterocycles. The Morgan fingerprint density at radius 2 is 1.94 bits per heavy atom. The van der Waals surface area contributed by atoms with Gasteiger partial charge in [0, 0.05) is 25.5 Å². The van der Waals surface area contributed by atoms with Crippen molar-refractivity contribution in [2.45, 2.75) is 39.7 Å². The smallest absolute Gasteiger partial charge is 0.263 e. The highest BCUT2D eigenvalue weighted by atomic mass is 16.2. The lowest BCUT2D eigenvalue weighted by molar-refractivity contribution is 0.0729. The first-order chi connectivity index (χ1) is 14.9. The van der Waals surface area contributed by atoms with Crippen LogP contribution in [0.15, 0.2) is 47.5 Å². The zero-order valence-corrected chi connectivity index (χ0v) is 18.3. The van der Waals surface area contributed by atoms with Crippen LogP contribution in [0.1, 0.15) is 51.8 Å². The molecule has 0 spiro atoms. The first kappa shape index (κ1) is 20.8. The van der Waals surface area contributed by atoms with E-state index in [0.29, 0.717) is 6.54 Å². The Morgan fingerprint density at radius 1 is 1.13 bits per heavy atom. The number of carbonyl (C=O) groups excluding carboxylic acids is 1. The fourth-order valence-corrected chi connectivity index (χ4v) is 4.13. The summed E-state index contributed by atoms with van der Waals surface area (Å²) < 4.78 is 1.53. The summed E-state index contributed by atoms with van der Waals surface area (Å²) in [5.74, 6) is 0.578. The highest BCUT2D eigenvalue weighted by molar-refractivity contribution is 5.95. The van der Waals surface area contributed by atoms with Gasteiger partial charge >= 0.3 is 0 Å². The number of aromatic nitrogens is 3. The Balaban J connectivity index is 1.58. The summed E-state index contributed by atoms with van der Waals surface area (Å²) in [5.41, 5.74) is 4.28. The predicted octanol–water partition coefficient (Wildman–Crippen LogP) is 3.82. The first-order valence-electron chi connectivity index (χ1n) is 10.5. The molecule has 4 heterocycles. The van der Waals surface area contributed by atoms with Crippen molar-refractivity contribution in [3.63, 3.8) is 0 Å². The molecular weight excluding hydrogens is 390 g/mol. The van der Waals surface area contributed by atoms with Crippen molar-refractivity contribution in [3.8, 4) is 0 Å². The van der Waals surface area contributed by atoms with Gasteiger partial charge in [-0.3, -0.25) is 14.6 Å². The lowest BCUT2D eigenvalue weighted by Gasteiger charge is -2.25. The van der Waals surface area contributed by atoms with Crippen LogP contribution < -0.4 is 10.9 Å². The van der Waals surface area contributed by atoms with Gasteiger partial charge in [-0.05, 0) is 69.0 Å². The van der Waals surface area contributed by atoms with Gasteiger partial charge in [0.2, 0.25) is 0 Å². The predicted molar refractivity (Wildman–Crippen MR) is 121 cm³/mol. The summed E-state index contributed by atoms with van der Waals surface area (Å²) in [6.45, 7) is 6.31. The summed E-state index contributed by atoms with van der Waals surface area (Å²) in [5, 5.41) is 3.28. The van der Waals surface area contributed by atoms with Gasteiger partial charge in [-0.1, -0.05) is 6.07 Å². The molecule has 0 saturated carbocycles. The van der Waals surface area contributed by atoms with E-state index in [1.807, 2.05) is 51.1 Å². The largest absolute Gasteiger partial charge is 0.339 e. The second kappa shape index (κ2) is 8.34. The number of nitrogens with one attached hydrogen (secondary N) is 1. The molecule has 1 unspecified atom stereocenters. The molecule has 1 fully saturated rings. The van der Waals surface area contributed by atoms with Crippen molar-refractivity contribution >= 4 is 17.4 Å². The molecule has 0 aliphatic carbocycles. The second-order valence-electron chi connectivity index (χ2n) is 8.13. The quantitative estimate of drug-likeness (QED) is 0.698. The Bertz CT molecular complexity index is 1180. The van der Waals surface area contributed by atoms with E-state index in [9.17, 15) is 9.59 Å². The lowest BCUT2D eigenvalue weighted by atomic mass is 10.1. The fourth-order valence-electron chi connectivity index (χ4n) is 4.13. The maximum atomic E-state index is 13.3. The number of nitrogens with zero attached hydrogens (tertiary/aromatic N) is 4. The number of rotatable bonds is 4. The molecule has 3 aromatic rings. The number of aryl methyl sites for hydroxylation is 3. The number of carbonyl (C=O) groups is 1. The van der Waals surface area contributed by atoms with E-state index in [0.717, 1.165) is 46.9 Å². The third kappa shape index (κ3) is 3.95. The number of amides is 1. The number of pyridine rings is 3. The van der Waals surface area contributed by atoms with Gasteiger partial charge in [0.25, 0.3) is 11.5 Å². The van der Waals surface area contributed by atoms with Gasteiger partial charge in [0.15, 0.2) is 0 Å². The highest BCUT2D eigenvalue weighted by Gasteiger charge is 2.33. The Labute approximate surface area is 181 Å². The van der Waals surface area contributed by atoms with Crippen LogP contribution in [-0.4, -0.2) is 31.9 Å². The van der Waals surface area contributed by atoms with Crippen molar-refractivity contribution in [2.24, 2.45) is 7.05 Å². The monoisotopic (exact) mass is 417 g/mol. The van der Waals surface area contributed by atoms with Crippen molar-refractivity contribution in [2.75, 3.05) is 11.9 Å².